The van der Waals surface area contributed by atoms with Crippen LogP contribution >= 0.6 is 0 Å². The smallest absolute Gasteiger partial charge is 0.416 e. The zero-order valence-corrected chi connectivity index (χ0v) is 27.0. The van der Waals surface area contributed by atoms with E-state index in [-0.39, 0.29) is 41.1 Å². The highest BCUT2D eigenvalue weighted by atomic mass is 19.4. The number of anilines is 2. The fraction of sp³-hybridized carbons (Fsp3) is 0.297. The van der Waals surface area contributed by atoms with Gasteiger partial charge in [0.25, 0.3) is 5.91 Å². The van der Waals surface area contributed by atoms with E-state index in [1.54, 1.807) is 30.0 Å². The fourth-order valence-corrected chi connectivity index (χ4v) is 5.70. The number of amides is 3. The molecule has 1 aliphatic rings. The van der Waals surface area contributed by atoms with Gasteiger partial charge in [0.15, 0.2) is 5.75 Å². The van der Waals surface area contributed by atoms with Crippen LogP contribution < -0.4 is 15.4 Å². The zero-order valence-electron chi connectivity index (χ0n) is 27.0. The molecule has 0 aliphatic carbocycles. The van der Waals surface area contributed by atoms with Gasteiger partial charge >= 0.3 is 12.2 Å². The predicted molar refractivity (Wildman–Crippen MR) is 180 cm³/mol. The van der Waals surface area contributed by atoms with Gasteiger partial charge in [0, 0.05) is 31.2 Å². The second-order valence-corrected chi connectivity index (χ2v) is 12.2. The molecule has 0 unspecified atom stereocenters. The Bertz CT molecular complexity index is 1700. The number of para-hydroxylation sites is 1. The first-order chi connectivity index (χ1) is 22.9. The van der Waals surface area contributed by atoms with Crippen molar-refractivity contribution in [2.45, 2.75) is 38.7 Å². The average molecular weight is 661 g/mol. The molecule has 0 fully saturated rings. The van der Waals surface area contributed by atoms with Crippen molar-refractivity contribution in [3.05, 3.63) is 114 Å². The normalized spacial score (nSPS) is 17.2. The Morgan fingerprint density at radius 3 is 2.27 bits per heavy atom. The van der Waals surface area contributed by atoms with Gasteiger partial charge in [-0.3, -0.25) is 9.69 Å². The van der Waals surface area contributed by atoms with Crippen LogP contribution in [0.4, 0.5) is 29.3 Å². The molecule has 48 heavy (non-hydrogen) atoms. The number of aliphatic hydroxyl groups excluding tert-OH is 1. The molecule has 5 rings (SSSR count). The second kappa shape index (κ2) is 14.9. The van der Waals surface area contributed by atoms with E-state index in [1.807, 2.05) is 32.2 Å². The first kappa shape index (κ1) is 34.5. The number of nitrogens with zero attached hydrogens (tertiary/aromatic N) is 2. The third kappa shape index (κ3) is 8.34. The van der Waals surface area contributed by atoms with Crippen molar-refractivity contribution in [2.75, 3.05) is 37.4 Å². The van der Waals surface area contributed by atoms with Crippen molar-refractivity contribution in [1.82, 2.24) is 9.80 Å². The number of halogens is 3. The lowest BCUT2D eigenvalue weighted by molar-refractivity contribution is -0.137. The molecule has 1 aliphatic heterocycles. The number of likely N-dealkylation sites (N-methyl/N-ethyl adjacent to an activating group) is 1. The lowest BCUT2D eigenvalue weighted by Crippen LogP contribution is -2.49. The van der Waals surface area contributed by atoms with Gasteiger partial charge in [-0.1, -0.05) is 67.6 Å². The van der Waals surface area contributed by atoms with Crippen molar-refractivity contribution >= 4 is 23.3 Å². The second-order valence-electron chi connectivity index (χ2n) is 12.2. The minimum absolute atomic E-state index is 0.157. The van der Waals surface area contributed by atoms with Crippen LogP contribution in [-0.4, -0.2) is 65.7 Å². The molecule has 4 aromatic carbocycles. The van der Waals surface area contributed by atoms with Crippen molar-refractivity contribution < 1.29 is 32.6 Å². The molecule has 0 spiro atoms. The molecule has 3 amide bonds. The van der Waals surface area contributed by atoms with E-state index >= 15 is 0 Å². The van der Waals surface area contributed by atoms with Crippen molar-refractivity contribution in [2.24, 2.45) is 5.92 Å². The van der Waals surface area contributed by atoms with E-state index in [0.29, 0.717) is 19.6 Å². The summed E-state index contributed by atoms with van der Waals surface area (Å²) in [5.74, 6) is -0.332. The van der Waals surface area contributed by atoms with E-state index < -0.39 is 29.9 Å². The number of alkyl halides is 3. The fourth-order valence-electron chi connectivity index (χ4n) is 5.70. The molecular formula is C37H39F3N4O4. The monoisotopic (exact) mass is 660 g/mol. The van der Waals surface area contributed by atoms with E-state index in [2.05, 4.69) is 51.9 Å². The number of carbonyl (C=O) groups is 2. The Morgan fingerprint density at radius 1 is 0.958 bits per heavy atom. The van der Waals surface area contributed by atoms with Gasteiger partial charge in [-0.25, -0.2) is 4.79 Å². The van der Waals surface area contributed by atoms with Crippen LogP contribution in [-0.2, 0) is 12.7 Å². The highest BCUT2D eigenvalue weighted by Crippen LogP contribution is 2.35. The molecule has 0 radical (unpaired) electrons. The van der Waals surface area contributed by atoms with Crippen LogP contribution in [0.5, 0.6) is 5.75 Å². The van der Waals surface area contributed by atoms with Crippen LogP contribution in [0.2, 0.25) is 0 Å². The molecule has 1 heterocycles. The number of hydrogen-bond acceptors (Lipinski definition) is 5. The average Bonchev–Trinajstić information content (AvgIpc) is 3.07. The Hall–Kier alpha value is -4.87. The van der Waals surface area contributed by atoms with Gasteiger partial charge in [-0.15, -0.1) is 0 Å². The lowest BCUT2D eigenvalue weighted by atomic mass is 9.98. The van der Waals surface area contributed by atoms with Crippen molar-refractivity contribution in [3.63, 3.8) is 0 Å². The van der Waals surface area contributed by atoms with Crippen molar-refractivity contribution in [3.8, 4) is 16.9 Å². The summed E-state index contributed by atoms with van der Waals surface area (Å²) in [6.45, 7) is 4.99. The summed E-state index contributed by atoms with van der Waals surface area (Å²) in [6.07, 6.45) is -4.92. The number of hydrogen-bond donors (Lipinski definition) is 3. The highest BCUT2D eigenvalue weighted by molar-refractivity contribution is 6.04. The molecule has 3 atom stereocenters. The summed E-state index contributed by atoms with van der Waals surface area (Å²) in [5.41, 5.74) is 3.15. The molecule has 11 heteroatoms. The van der Waals surface area contributed by atoms with E-state index in [0.717, 1.165) is 41.0 Å². The quantitative estimate of drug-likeness (QED) is 0.174. The van der Waals surface area contributed by atoms with Crippen LogP contribution in [0, 0.1) is 5.92 Å². The molecule has 3 N–H and O–H groups in total. The standard InChI is InChI=1S/C37H39F3N4O4/c1-24-20-44(25(2)23-45)35(46)31-10-7-11-32(42-36(47)41-30-18-16-29(17-19-30)37(38,39)40)34(31)48-33(24)22-43(3)21-26-12-14-28(15-13-26)27-8-5-4-6-9-27/h4-19,24-25,33,45H,20-23H2,1-3H3,(H2,41,42,47)/t24-,25-,33+/m0/s1. The number of fused-ring (bicyclic) bond motifs is 1. The maximum Gasteiger partial charge on any atom is 0.416 e. The van der Waals surface area contributed by atoms with Crippen LogP contribution in [0.25, 0.3) is 11.1 Å². The van der Waals surface area contributed by atoms with Crippen LogP contribution in [0.1, 0.15) is 35.3 Å². The first-order valence-electron chi connectivity index (χ1n) is 15.7. The maximum absolute atomic E-state index is 13.8. The Balaban J connectivity index is 1.36. The van der Waals surface area contributed by atoms with Gasteiger partial charge in [-0.2, -0.15) is 13.2 Å². The minimum atomic E-state index is -4.50. The number of ether oxygens (including phenoxy) is 1. The van der Waals surface area contributed by atoms with Gasteiger partial charge in [-0.05, 0) is 67.1 Å². The molecular weight excluding hydrogens is 621 g/mol. The topological polar surface area (TPSA) is 94.1 Å². The number of carbonyl (C=O) groups excluding carboxylic acids is 2. The molecule has 252 valence electrons. The Labute approximate surface area is 278 Å². The van der Waals surface area contributed by atoms with Gasteiger partial charge in [0.05, 0.1) is 29.5 Å². The molecule has 4 aromatic rings. The lowest BCUT2D eigenvalue weighted by Gasteiger charge is -2.38. The van der Waals surface area contributed by atoms with Crippen molar-refractivity contribution in [1.29, 1.82) is 0 Å². The number of aliphatic hydroxyl groups is 1. The largest absolute Gasteiger partial charge is 0.486 e. The third-order valence-corrected chi connectivity index (χ3v) is 8.41. The summed E-state index contributed by atoms with van der Waals surface area (Å²) in [7, 11) is 1.99. The summed E-state index contributed by atoms with van der Waals surface area (Å²) in [4.78, 5) is 30.5. The molecule has 0 aromatic heterocycles. The number of nitrogens with one attached hydrogen (secondary N) is 2. The van der Waals surface area contributed by atoms with Gasteiger partial charge in [0.1, 0.15) is 6.10 Å². The molecule has 0 saturated heterocycles. The number of urea groups is 1. The minimum Gasteiger partial charge on any atom is -0.486 e. The Kier molecular flexibility index (Phi) is 10.7. The maximum atomic E-state index is 13.8. The number of benzene rings is 4. The number of rotatable bonds is 9. The summed E-state index contributed by atoms with van der Waals surface area (Å²) in [5, 5.41) is 15.2. The third-order valence-electron chi connectivity index (χ3n) is 8.41. The van der Waals surface area contributed by atoms with Gasteiger partial charge < -0.3 is 25.4 Å². The molecule has 8 nitrogen and oxygen atoms in total. The highest BCUT2D eigenvalue weighted by Gasteiger charge is 2.35. The Morgan fingerprint density at radius 2 is 1.62 bits per heavy atom. The van der Waals surface area contributed by atoms with E-state index in [1.165, 1.54) is 0 Å². The molecule has 0 saturated carbocycles. The van der Waals surface area contributed by atoms with Gasteiger partial charge in [0.2, 0.25) is 0 Å². The van der Waals surface area contributed by atoms with Crippen LogP contribution in [0.15, 0.2) is 97.1 Å². The zero-order chi connectivity index (χ0) is 34.4. The molecule has 0 bridgehead atoms. The first-order valence-corrected chi connectivity index (χ1v) is 15.7. The summed E-state index contributed by atoms with van der Waals surface area (Å²) in [6, 6.07) is 26.2. The summed E-state index contributed by atoms with van der Waals surface area (Å²) < 4.78 is 45.5. The van der Waals surface area contributed by atoms with Crippen LogP contribution in [0.3, 0.4) is 0 Å². The predicted octanol–water partition coefficient (Wildman–Crippen LogP) is 7.37. The van der Waals surface area contributed by atoms with E-state index in [9.17, 15) is 27.9 Å². The van der Waals surface area contributed by atoms with E-state index in [4.69, 9.17) is 4.74 Å². The SMILES string of the molecule is C[C@H]1CN([C@@H](C)CO)C(=O)c2cccc(NC(=O)Nc3ccc(C(F)(F)F)cc3)c2O[C@@H]1CN(C)Cc1ccc(-c2ccccc2)cc1. The summed E-state index contributed by atoms with van der Waals surface area (Å²) >= 11 is 0.